The molecule has 1 aromatic rings. The lowest BCUT2D eigenvalue weighted by Crippen LogP contribution is -2.23. The van der Waals surface area contributed by atoms with E-state index in [1.54, 1.807) is 24.3 Å². The summed E-state index contributed by atoms with van der Waals surface area (Å²) >= 11 is 7.15. The van der Waals surface area contributed by atoms with Crippen LogP contribution in [0.15, 0.2) is 24.3 Å². The van der Waals surface area contributed by atoms with E-state index in [2.05, 4.69) is 5.32 Å². The minimum atomic E-state index is -0.178. The lowest BCUT2D eigenvalue weighted by Gasteiger charge is -2.11. The van der Waals surface area contributed by atoms with Gasteiger partial charge in [-0.3, -0.25) is 4.79 Å². The molecular weight excluding hydrogens is 246 g/mol. The number of carbonyl (C=O) groups excluding carboxylic acids is 1. The average molecular weight is 260 g/mol. The Labute approximate surface area is 104 Å². The van der Waals surface area contributed by atoms with E-state index in [9.17, 15) is 4.79 Å². The van der Waals surface area contributed by atoms with Crippen molar-refractivity contribution in [3.05, 3.63) is 29.3 Å². The molecule has 3 nitrogen and oxygen atoms in total. The fourth-order valence-corrected chi connectivity index (χ4v) is 1.88. The fourth-order valence-electron chi connectivity index (χ4n) is 1.08. The summed E-state index contributed by atoms with van der Waals surface area (Å²) in [7, 11) is 0. The topological polar surface area (TPSA) is 49.3 Å². The molecule has 0 aliphatic carbocycles. The minimum absolute atomic E-state index is 0.0687. The zero-order valence-electron chi connectivity index (χ0n) is 8.94. The fraction of sp³-hybridized carbons (Fsp3) is 0.364. The largest absolute Gasteiger partial charge is 0.396 e. The first-order chi connectivity index (χ1) is 7.63. The zero-order valence-corrected chi connectivity index (χ0v) is 10.5. The number of aliphatic hydroxyl groups is 1. The highest BCUT2D eigenvalue weighted by atomic mass is 35.5. The number of hydrogen-bond acceptors (Lipinski definition) is 3. The summed E-state index contributed by atoms with van der Waals surface area (Å²) < 4.78 is 0. The van der Waals surface area contributed by atoms with Crippen LogP contribution in [-0.4, -0.2) is 28.6 Å². The summed E-state index contributed by atoms with van der Waals surface area (Å²) in [4.78, 5) is 11.7. The van der Waals surface area contributed by atoms with Crippen molar-refractivity contribution < 1.29 is 9.90 Å². The normalized spacial score (nSPS) is 12.2. The van der Waals surface area contributed by atoms with Gasteiger partial charge in [-0.1, -0.05) is 11.6 Å². The van der Waals surface area contributed by atoms with Crippen LogP contribution < -0.4 is 5.32 Å². The van der Waals surface area contributed by atoms with Gasteiger partial charge in [0, 0.05) is 16.5 Å². The molecule has 0 aliphatic heterocycles. The van der Waals surface area contributed by atoms with Gasteiger partial charge in [-0.25, -0.2) is 0 Å². The van der Waals surface area contributed by atoms with E-state index in [-0.39, 0.29) is 17.8 Å². The Balaban J connectivity index is 2.47. The first kappa shape index (κ1) is 13.4. The number of anilines is 1. The lowest BCUT2D eigenvalue weighted by atomic mass is 10.3. The minimum Gasteiger partial charge on any atom is -0.396 e. The number of nitrogens with one attached hydrogen (secondary N) is 1. The van der Waals surface area contributed by atoms with Gasteiger partial charge < -0.3 is 10.4 Å². The highest BCUT2D eigenvalue weighted by molar-refractivity contribution is 8.00. The van der Waals surface area contributed by atoms with Crippen molar-refractivity contribution in [3.8, 4) is 0 Å². The molecule has 0 fully saturated rings. The van der Waals surface area contributed by atoms with E-state index in [1.165, 1.54) is 11.8 Å². The third-order valence-electron chi connectivity index (χ3n) is 1.94. The van der Waals surface area contributed by atoms with Gasteiger partial charge in [0.15, 0.2) is 0 Å². The molecule has 88 valence electrons. The van der Waals surface area contributed by atoms with E-state index in [1.807, 2.05) is 6.92 Å². The number of aliphatic hydroxyl groups excluding tert-OH is 1. The van der Waals surface area contributed by atoms with Crippen molar-refractivity contribution in [2.75, 3.05) is 17.7 Å². The Morgan fingerprint density at radius 1 is 1.50 bits per heavy atom. The summed E-state index contributed by atoms with van der Waals surface area (Å²) in [6.45, 7) is 1.90. The van der Waals surface area contributed by atoms with Crippen LogP contribution in [0.3, 0.4) is 0 Å². The maximum absolute atomic E-state index is 11.7. The number of rotatable bonds is 5. The Morgan fingerprint density at radius 3 is 2.69 bits per heavy atom. The number of carbonyl (C=O) groups is 1. The SMILES string of the molecule is C[C@@H](SCCO)C(=O)Nc1ccc(Cl)cc1. The first-order valence-electron chi connectivity index (χ1n) is 4.92. The van der Waals surface area contributed by atoms with Crippen LogP contribution in [-0.2, 0) is 4.79 Å². The zero-order chi connectivity index (χ0) is 12.0. The average Bonchev–Trinajstić information content (AvgIpc) is 2.29. The maximum atomic E-state index is 11.7. The molecule has 0 radical (unpaired) electrons. The van der Waals surface area contributed by atoms with E-state index >= 15 is 0 Å². The number of thioether (sulfide) groups is 1. The molecule has 16 heavy (non-hydrogen) atoms. The first-order valence-corrected chi connectivity index (χ1v) is 6.35. The summed E-state index contributed by atoms with van der Waals surface area (Å²) in [6.07, 6.45) is 0. The molecule has 0 aliphatic rings. The van der Waals surface area contributed by atoms with Crippen molar-refractivity contribution in [1.29, 1.82) is 0 Å². The van der Waals surface area contributed by atoms with Gasteiger partial charge in [-0.2, -0.15) is 0 Å². The quantitative estimate of drug-likeness (QED) is 0.854. The van der Waals surface area contributed by atoms with Crippen molar-refractivity contribution in [2.24, 2.45) is 0 Å². The number of benzene rings is 1. The van der Waals surface area contributed by atoms with Crippen molar-refractivity contribution in [1.82, 2.24) is 0 Å². The monoisotopic (exact) mass is 259 g/mol. The Hall–Kier alpha value is -0.710. The second-order valence-electron chi connectivity index (χ2n) is 3.23. The van der Waals surface area contributed by atoms with Crippen LogP contribution in [0.4, 0.5) is 5.69 Å². The Morgan fingerprint density at radius 2 is 2.12 bits per heavy atom. The molecule has 0 saturated carbocycles. The van der Waals surface area contributed by atoms with Crippen molar-refractivity contribution >= 4 is 35.0 Å². The van der Waals surface area contributed by atoms with Crippen LogP contribution >= 0.6 is 23.4 Å². The van der Waals surface area contributed by atoms with Gasteiger partial charge in [-0.15, -0.1) is 11.8 Å². The molecule has 0 saturated heterocycles. The van der Waals surface area contributed by atoms with Gasteiger partial charge in [0.25, 0.3) is 0 Å². The molecule has 2 N–H and O–H groups in total. The van der Waals surface area contributed by atoms with Crippen LogP contribution in [0.1, 0.15) is 6.92 Å². The second kappa shape index (κ2) is 6.78. The van der Waals surface area contributed by atoms with Gasteiger partial charge in [0.2, 0.25) is 5.91 Å². The number of hydrogen-bond donors (Lipinski definition) is 2. The molecule has 0 unspecified atom stereocenters. The molecule has 5 heteroatoms. The Kier molecular flexibility index (Phi) is 5.66. The van der Waals surface area contributed by atoms with E-state index in [0.717, 1.165) is 5.69 Å². The van der Waals surface area contributed by atoms with E-state index in [0.29, 0.717) is 10.8 Å². The maximum Gasteiger partial charge on any atom is 0.237 e. The van der Waals surface area contributed by atoms with Gasteiger partial charge in [-0.05, 0) is 31.2 Å². The van der Waals surface area contributed by atoms with Crippen LogP contribution in [0.5, 0.6) is 0 Å². The molecule has 0 aromatic heterocycles. The summed E-state index contributed by atoms with van der Waals surface area (Å²) in [5.74, 6) is 0.496. The highest BCUT2D eigenvalue weighted by Crippen LogP contribution is 2.16. The second-order valence-corrected chi connectivity index (χ2v) is 5.12. The summed E-state index contributed by atoms with van der Waals surface area (Å²) in [5.41, 5.74) is 0.728. The third kappa shape index (κ3) is 4.43. The molecule has 1 atom stereocenters. The van der Waals surface area contributed by atoms with Crippen LogP contribution in [0.2, 0.25) is 5.02 Å². The molecule has 1 rings (SSSR count). The lowest BCUT2D eigenvalue weighted by molar-refractivity contribution is -0.115. The van der Waals surface area contributed by atoms with E-state index in [4.69, 9.17) is 16.7 Å². The van der Waals surface area contributed by atoms with Crippen LogP contribution in [0, 0.1) is 0 Å². The van der Waals surface area contributed by atoms with Gasteiger partial charge in [0.05, 0.1) is 11.9 Å². The summed E-state index contributed by atoms with van der Waals surface area (Å²) in [6, 6.07) is 6.96. The standard InChI is InChI=1S/C11H14ClNO2S/c1-8(16-7-6-14)11(15)13-10-4-2-9(12)3-5-10/h2-5,8,14H,6-7H2,1H3,(H,13,15)/t8-/m1/s1. The third-order valence-corrected chi connectivity index (χ3v) is 3.32. The predicted octanol–water partition coefficient (Wildman–Crippen LogP) is 2.39. The smallest absolute Gasteiger partial charge is 0.237 e. The highest BCUT2D eigenvalue weighted by Gasteiger charge is 2.12. The van der Waals surface area contributed by atoms with E-state index < -0.39 is 0 Å². The number of halogens is 1. The molecular formula is C11H14ClNO2S. The van der Waals surface area contributed by atoms with Gasteiger partial charge in [0.1, 0.15) is 0 Å². The molecule has 0 bridgehead atoms. The Bertz CT molecular complexity index is 342. The van der Waals surface area contributed by atoms with Crippen molar-refractivity contribution in [2.45, 2.75) is 12.2 Å². The van der Waals surface area contributed by atoms with Crippen LogP contribution in [0.25, 0.3) is 0 Å². The van der Waals surface area contributed by atoms with Crippen molar-refractivity contribution in [3.63, 3.8) is 0 Å². The van der Waals surface area contributed by atoms with Gasteiger partial charge >= 0.3 is 0 Å². The summed E-state index contributed by atoms with van der Waals surface area (Å²) in [5, 5.41) is 11.9. The molecule has 0 heterocycles. The molecule has 1 amide bonds. The molecule has 1 aromatic carbocycles. The molecule has 0 spiro atoms. The predicted molar refractivity (Wildman–Crippen MR) is 69.1 cm³/mol. The number of amides is 1.